The number of amides is 1. The Labute approximate surface area is 189 Å². The Kier molecular flexibility index (Phi) is 5.63. The molecule has 3 heterocycles. The molecule has 5 rings (SSSR count). The maximum Gasteiger partial charge on any atom is 0.216 e. The van der Waals surface area contributed by atoms with Gasteiger partial charge >= 0.3 is 0 Å². The second-order valence-electron chi connectivity index (χ2n) is 8.02. The third-order valence-electron chi connectivity index (χ3n) is 5.85. The largest absolute Gasteiger partial charge is 0.387 e. The number of carbonyl (C=O) groups is 1. The average molecular weight is 448 g/mol. The molecule has 1 aliphatic rings. The van der Waals surface area contributed by atoms with Gasteiger partial charge in [0.25, 0.3) is 0 Å². The lowest BCUT2D eigenvalue weighted by Gasteiger charge is -2.16. The normalized spacial score (nSPS) is 22.6. The van der Waals surface area contributed by atoms with Gasteiger partial charge in [0, 0.05) is 20.0 Å². The van der Waals surface area contributed by atoms with E-state index in [0.29, 0.717) is 23.5 Å². The van der Waals surface area contributed by atoms with Gasteiger partial charge in [-0.05, 0) is 16.3 Å². The number of rotatable bonds is 6. The molecule has 1 saturated heterocycles. The predicted molar refractivity (Wildman–Crippen MR) is 121 cm³/mol. The summed E-state index contributed by atoms with van der Waals surface area (Å²) in [5.74, 6) is 0.306. The quantitative estimate of drug-likeness (QED) is 0.347. The maximum atomic E-state index is 11.2. The van der Waals surface area contributed by atoms with Gasteiger partial charge in [-0.3, -0.25) is 9.36 Å². The molecule has 0 saturated carbocycles. The van der Waals surface area contributed by atoms with E-state index in [0.717, 1.165) is 16.3 Å². The van der Waals surface area contributed by atoms with Gasteiger partial charge in [-0.1, -0.05) is 42.5 Å². The Hall–Kier alpha value is -3.60. The van der Waals surface area contributed by atoms with Gasteiger partial charge in [-0.25, -0.2) is 15.0 Å². The number of anilines is 1. The number of aliphatic hydroxyl groups is 2. The molecule has 0 radical (unpaired) electrons. The van der Waals surface area contributed by atoms with Crippen LogP contribution in [0.1, 0.15) is 18.7 Å². The zero-order chi connectivity index (χ0) is 22.9. The lowest BCUT2D eigenvalue weighted by atomic mass is 10.0. The summed E-state index contributed by atoms with van der Waals surface area (Å²) in [6, 6.07) is 14.3. The van der Waals surface area contributed by atoms with Crippen LogP contribution < -0.4 is 10.6 Å². The lowest BCUT2D eigenvalue weighted by Crippen LogP contribution is -2.39. The van der Waals surface area contributed by atoms with Crippen molar-refractivity contribution in [1.82, 2.24) is 24.8 Å². The summed E-state index contributed by atoms with van der Waals surface area (Å²) < 4.78 is 7.40. The van der Waals surface area contributed by atoms with Gasteiger partial charge in [0.05, 0.1) is 6.33 Å². The van der Waals surface area contributed by atoms with Crippen molar-refractivity contribution in [2.24, 2.45) is 0 Å². The molecule has 10 nitrogen and oxygen atoms in total. The highest BCUT2D eigenvalue weighted by molar-refractivity contribution is 5.86. The summed E-state index contributed by atoms with van der Waals surface area (Å²) in [6.07, 6.45) is -1.10. The first kappa shape index (κ1) is 21.3. The SMILES string of the molecule is CC(=O)NC[C@H]1O[C@@H](n2cnc3c(NCc4cccc5ccccc45)ncnc32)[C@H](O)[C@@H]1O. The van der Waals surface area contributed by atoms with Gasteiger partial charge < -0.3 is 25.6 Å². The monoisotopic (exact) mass is 448 g/mol. The molecule has 0 spiro atoms. The van der Waals surface area contributed by atoms with Crippen LogP contribution in [0.25, 0.3) is 21.9 Å². The number of carbonyl (C=O) groups excluding carboxylic acids is 1. The number of nitrogens with zero attached hydrogens (tertiary/aromatic N) is 4. The van der Waals surface area contributed by atoms with Gasteiger partial charge in [-0.15, -0.1) is 0 Å². The molecule has 1 aliphatic heterocycles. The van der Waals surface area contributed by atoms with Crippen LogP contribution in [-0.4, -0.2) is 60.5 Å². The van der Waals surface area contributed by atoms with Gasteiger partial charge in [0.2, 0.25) is 5.91 Å². The number of fused-ring (bicyclic) bond motifs is 2. The van der Waals surface area contributed by atoms with E-state index in [1.165, 1.54) is 19.6 Å². The summed E-state index contributed by atoms with van der Waals surface area (Å²) in [5, 5.41) is 29.2. The summed E-state index contributed by atoms with van der Waals surface area (Å²) in [7, 11) is 0. The molecular formula is C23H24N6O4. The number of aliphatic hydroxyl groups excluding tert-OH is 2. The summed E-state index contributed by atoms with van der Waals surface area (Å²) in [6.45, 7) is 2.01. The molecule has 2 aromatic carbocycles. The Bertz CT molecular complexity index is 1300. The highest BCUT2D eigenvalue weighted by Crippen LogP contribution is 2.32. The fraction of sp³-hybridized carbons (Fsp3) is 0.304. The van der Waals surface area contributed by atoms with Gasteiger partial charge in [-0.2, -0.15) is 0 Å². The molecule has 0 aliphatic carbocycles. The number of imidazole rings is 1. The fourth-order valence-corrected chi connectivity index (χ4v) is 4.17. The van der Waals surface area contributed by atoms with Crippen LogP contribution in [0.2, 0.25) is 0 Å². The zero-order valence-corrected chi connectivity index (χ0v) is 17.9. The zero-order valence-electron chi connectivity index (χ0n) is 17.9. The van der Waals surface area contributed by atoms with E-state index >= 15 is 0 Å². The minimum atomic E-state index is -1.21. The highest BCUT2D eigenvalue weighted by Gasteiger charge is 2.44. The molecule has 0 unspecified atom stereocenters. The Balaban J connectivity index is 1.39. The minimum absolute atomic E-state index is 0.0868. The summed E-state index contributed by atoms with van der Waals surface area (Å²) in [4.78, 5) is 24.3. The molecule has 4 N–H and O–H groups in total. The molecule has 33 heavy (non-hydrogen) atoms. The first-order valence-electron chi connectivity index (χ1n) is 10.7. The third-order valence-corrected chi connectivity index (χ3v) is 5.85. The molecule has 2 aromatic heterocycles. The first-order valence-corrected chi connectivity index (χ1v) is 10.7. The van der Waals surface area contributed by atoms with Gasteiger partial charge in [0.15, 0.2) is 23.2 Å². The number of ether oxygens (including phenoxy) is 1. The van der Waals surface area contributed by atoms with Crippen molar-refractivity contribution in [3.05, 3.63) is 60.7 Å². The molecule has 0 bridgehead atoms. The fourth-order valence-electron chi connectivity index (χ4n) is 4.17. The van der Waals surface area contributed by atoms with E-state index in [1.807, 2.05) is 18.2 Å². The molecular weight excluding hydrogens is 424 g/mol. The van der Waals surface area contributed by atoms with Crippen LogP contribution in [0.3, 0.4) is 0 Å². The van der Waals surface area contributed by atoms with E-state index in [9.17, 15) is 15.0 Å². The van der Waals surface area contributed by atoms with Gasteiger partial charge in [0.1, 0.15) is 24.6 Å². The smallest absolute Gasteiger partial charge is 0.216 e. The van der Waals surface area contributed by atoms with E-state index < -0.39 is 24.5 Å². The number of hydrogen-bond donors (Lipinski definition) is 4. The molecule has 1 fully saturated rings. The number of hydrogen-bond acceptors (Lipinski definition) is 8. The molecule has 1 amide bonds. The van der Waals surface area contributed by atoms with E-state index in [4.69, 9.17) is 4.74 Å². The maximum absolute atomic E-state index is 11.2. The number of nitrogens with one attached hydrogen (secondary N) is 2. The molecule has 4 aromatic rings. The van der Waals surface area contributed by atoms with Crippen LogP contribution in [0.4, 0.5) is 5.82 Å². The standard InChI is InChI=1S/C23H24N6O4/c1-13(30)24-10-17-19(31)20(32)23(33-17)29-12-28-18-21(26-11-27-22(18)29)25-9-15-7-4-6-14-5-2-3-8-16(14)15/h2-8,11-12,17,19-20,23,31-32H,9-10H2,1H3,(H,24,30)(H,25,26,27)/t17-,19-,20-,23-/m1/s1. The van der Waals surface area contributed by atoms with Crippen LogP contribution in [0.5, 0.6) is 0 Å². The summed E-state index contributed by atoms with van der Waals surface area (Å²) >= 11 is 0. The lowest BCUT2D eigenvalue weighted by molar-refractivity contribution is -0.120. The second kappa shape index (κ2) is 8.74. The van der Waals surface area contributed by atoms with Crippen molar-refractivity contribution in [1.29, 1.82) is 0 Å². The van der Waals surface area contributed by atoms with Crippen molar-refractivity contribution in [3.8, 4) is 0 Å². The van der Waals surface area contributed by atoms with E-state index in [1.54, 1.807) is 4.57 Å². The van der Waals surface area contributed by atoms with Crippen molar-refractivity contribution in [2.45, 2.75) is 38.0 Å². The minimum Gasteiger partial charge on any atom is -0.387 e. The first-order chi connectivity index (χ1) is 16.0. The van der Waals surface area contributed by atoms with Crippen LogP contribution >= 0.6 is 0 Å². The Morgan fingerprint density at radius 2 is 1.91 bits per heavy atom. The van der Waals surface area contributed by atoms with Crippen molar-refractivity contribution >= 4 is 33.7 Å². The predicted octanol–water partition coefficient (Wildman–Crippen LogP) is 1.35. The topological polar surface area (TPSA) is 134 Å². The molecule has 10 heteroatoms. The molecule has 170 valence electrons. The number of aromatic nitrogens is 4. The van der Waals surface area contributed by atoms with E-state index in [2.05, 4.69) is 49.9 Å². The van der Waals surface area contributed by atoms with E-state index in [-0.39, 0.29) is 12.5 Å². The highest BCUT2D eigenvalue weighted by atomic mass is 16.6. The summed E-state index contributed by atoms with van der Waals surface area (Å²) in [5.41, 5.74) is 2.10. The second-order valence-corrected chi connectivity index (χ2v) is 8.02. The number of benzene rings is 2. The van der Waals surface area contributed by atoms with Crippen molar-refractivity contribution < 1.29 is 19.7 Å². The van der Waals surface area contributed by atoms with Crippen LogP contribution in [0, 0.1) is 0 Å². The molecule has 4 atom stereocenters. The average Bonchev–Trinajstić information content (AvgIpc) is 3.37. The van der Waals surface area contributed by atoms with Crippen molar-refractivity contribution in [3.63, 3.8) is 0 Å². The van der Waals surface area contributed by atoms with Crippen molar-refractivity contribution in [2.75, 3.05) is 11.9 Å². The third kappa shape index (κ3) is 3.99. The van der Waals surface area contributed by atoms with Crippen LogP contribution in [-0.2, 0) is 16.1 Å². The Morgan fingerprint density at radius 1 is 1.09 bits per heavy atom. The Morgan fingerprint density at radius 3 is 2.76 bits per heavy atom. The van der Waals surface area contributed by atoms with Crippen LogP contribution in [0.15, 0.2) is 55.1 Å².